The number of fused-ring (bicyclic) bond motifs is 5. The Bertz CT molecular complexity index is 700. The molecule has 3 heteroatoms. The van der Waals surface area contributed by atoms with Crippen molar-refractivity contribution in [1.82, 2.24) is 0 Å². The standard InChI is InChI=1S/C28H48O3/c1-17(2)18(3)7-8-19(4)22-9-10-23-21-15-25(30)28(31)16-20(29)11-14-27(28,6)24(21)12-13-26(22,23)5/h15,17-20,22-25,29-31H,7-14,16H2,1-6H3/t18-,19-,20+,22-,23?,24?,25-,26-,27-,28+/m1/s1. The molecule has 3 nitrogen and oxygen atoms in total. The maximum Gasteiger partial charge on any atom is 0.102 e. The van der Waals surface area contributed by atoms with Gasteiger partial charge in [0.1, 0.15) is 11.7 Å². The van der Waals surface area contributed by atoms with Crippen molar-refractivity contribution in [3.63, 3.8) is 0 Å². The summed E-state index contributed by atoms with van der Waals surface area (Å²) in [6.45, 7) is 14.3. The van der Waals surface area contributed by atoms with E-state index in [2.05, 4.69) is 41.5 Å². The molecule has 4 aliphatic rings. The van der Waals surface area contributed by atoms with E-state index >= 15 is 0 Å². The monoisotopic (exact) mass is 432 g/mol. The highest BCUT2D eigenvalue weighted by Gasteiger charge is 2.64. The lowest BCUT2D eigenvalue weighted by Crippen LogP contribution is -2.65. The zero-order chi connectivity index (χ0) is 22.8. The van der Waals surface area contributed by atoms with Crippen LogP contribution in [0.3, 0.4) is 0 Å². The predicted octanol–water partition coefficient (Wildman–Crippen LogP) is 5.72. The normalized spacial score (nSPS) is 49.1. The second kappa shape index (κ2) is 8.13. The smallest absolute Gasteiger partial charge is 0.102 e. The number of hydrogen-bond donors (Lipinski definition) is 3. The van der Waals surface area contributed by atoms with Gasteiger partial charge in [0.2, 0.25) is 0 Å². The van der Waals surface area contributed by atoms with Crippen molar-refractivity contribution in [2.45, 2.75) is 117 Å². The molecule has 0 bridgehead atoms. The van der Waals surface area contributed by atoms with E-state index in [0.29, 0.717) is 23.7 Å². The number of aliphatic hydroxyl groups excluding tert-OH is 2. The van der Waals surface area contributed by atoms with Crippen molar-refractivity contribution in [2.75, 3.05) is 0 Å². The fourth-order valence-electron chi connectivity index (χ4n) is 8.58. The van der Waals surface area contributed by atoms with E-state index in [1.807, 2.05) is 6.08 Å². The van der Waals surface area contributed by atoms with Crippen LogP contribution < -0.4 is 0 Å². The molecule has 4 rings (SSSR count). The average Bonchev–Trinajstić information content (AvgIpc) is 3.05. The Balaban J connectivity index is 1.57. The molecule has 2 unspecified atom stereocenters. The molecule has 4 aliphatic carbocycles. The van der Waals surface area contributed by atoms with Gasteiger partial charge in [0.15, 0.2) is 0 Å². The molecule has 0 aromatic rings. The third-order valence-electron chi connectivity index (χ3n) is 11.2. The molecule has 178 valence electrons. The maximum atomic E-state index is 11.6. The van der Waals surface area contributed by atoms with Crippen molar-refractivity contribution in [2.24, 2.45) is 46.3 Å². The molecule has 0 aromatic carbocycles. The van der Waals surface area contributed by atoms with E-state index in [0.717, 1.165) is 42.9 Å². The van der Waals surface area contributed by atoms with Crippen molar-refractivity contribution in [3.8, 4) is 0 Å². The Labute approximate surface area is 190 Å². The summed E-state index contributed by atoms with van der Waals surface area (Å²) < 4.78 is 0. The number of hydrogen-bond acceptors (Lipinski definition) is 3. The van der Waals surface area contributed by atoms with Crippen molar-refractivity contribution in [1.29, 1.82) is 0 Å². The molecule has 0 saturated heterocycles. The summed E-state index contributed by atoms with van der Waals surface area (Å²) in [5.74, 6) is 3.96. The summed E-state index contributed by atoms with van der Waals surface area (Å²) in [5, 5.41) is 33.0. The SMILES string of the molecule is CC(C)[C@H](C)CC[C@@H](C)[C@H]1CCC2C3=C[C@@H](O)[C@@]4(O)C[C@@H](O)CC[C@]4(C)C3CC[C@@]21C. The van der Waals surface area contributed by atoms with Gasteiger partial charge in [0.25, 0.3) is 0 Å². The molecule has 0 aromatic heterocycles. The molecule has 0 heterocycles. The first kappa shape index (κ1) is 23.8. The zero-order valence-corrected chi connectivity index (χ0v) is 20.9. The third kappa shape index (κ3) is 3.56. The summed E-state index contributed by atoms with van der Waals surface area (Å²) in [7, 11) is 0. The molecule has 3 N–H and O–H groups in total. The summed E-state index contributed by atoms with van der Waals surface area (Å²) in [6.07, 6.45) is 10.1. The highest BCUT2D eigenvalue weighted by Crippen LogP contribution is 2.67. The van der Waals surface area contributed by atoms with Crippen LogP contribution in [0.4, 0.5) is 0 Å². The Morgan fingerprint density at radius 1 is 0.935 bits per heavy atom. The van der Waals surface area contributed by atoms with Gasteiger partial charge in [0, 0.05) is 11.8 Å². The first-order valence-electron chi connectivity index (χ1n) is 13.2. The van der Waals surface area contributed by atoms with Crippen molar-refractivity contribution in [3.05, 3.63) is 11.6 Å². The van der Waals surface area contributed by atoms with Crippen LogP contribution in [0.25, 0.3) is 0 Å². The van der Waals surface area contributed by atoms with Gasteiger partial charge in [0.05, 0.1) is 6.10 Å². The summed E-state index contributed by atoms with van der Waals surface area (Å²) in [6, 6.07) is 0. The number of allylic oxidation sites excluding steroid dienone is 1. The summed E-state index contributed by atoms with van der Waals surface area (Å²) >= 11 is 0. The zero-order valence-electron chi connectivity index (χ0n) is 20.9. The highest BCUT2D eigenvalue weighted by molar-refractivity contribution is 5.33. The van der Waals surface area contributed by atoms with Gasteiger partial charge in [-0.05, 0) is 79.4 Å². The quantitative estimate of drug-likeness (QED) is 0.487. The van der Waals surface area contributed by atoms with Gasteiger partial charge >= 0.3 is 0 Å². The first-order valence-corrected chi connectivity index (χ1v) is 13.2. The Morgan fingerprint density at radius 2 is 1.65 bits per heavy atom. The lowest BCUT2D eigenvalue weighted by atomic mass is 9.45. The second-order valence-corrected chi connectivity index (χ2v) is 13.0. The molecule has 10 atom stereocenters. The topological polar surface area (TPSA) is 60.7 Å². The molecule has 3 saturated carbocycles. The molecular formula is C28H48O3. The van der Waals surface area contributed by atoms with E-state index in [1.165, 1.54) is 37.7 Å². The lowest BCUT2D eigenvalue weighted by Gasteiger charge is -2.62. The Kier molecular flexibility index (Phi) is 6.24. The summed E-state index contributed by atoms with van der Waals surface area (Å²) in [4.78, 5) is 0. The highest BCUT2D eigenvalue weighted by atomic mass is 16.3. The molecular weight excluding hydrogens is 384 g/mol. The third-order valence-corrected chi connectivity index (χ3v) is 11.2. The largest absolute Gasteiger partial charge is 0.393 e. The van der Waals surface area contributed by atoms with E-state index in [9.17, 15) is 15.3 Å². The van der Waals surface area contributed by atoms with E-state index < -0.39 is 17.8 Å². The van der Waals surface area contributed by atoms with Gasteiger partial charge in [-0.25, -0.2) is 0 Å². The molecule has 3 fully saturated rings. The minimum absolute atomic E-state index is 0.306. The van der Waals surface area contributed by atoms with Crippen LogP contribution in [0.2, 0.25) is 0 Å². The van der Waals surface area contributed by atoms with E-state index in [-0.39, 0.29) is 5.41 Å². The van der Waals surface area contributed by atoms with Crippen LogP contribution in [0.1, 0.15) is 99.3 Å². The molecule has 0 aliphatic heterocycles. The van der Waals surface area contributed by atoms with Gasteiger partial charge in [-0.1, -0.05) is 66.0 Å². The van der Waals surface area contributed by atoms with E-state index in [1.54, 1.807) is 0 Å². The van der Waals surface area contributed by atoms with E-state index in [4.69, 9.17) is 0 Å². The van der Waals surface area contributed by atoms with Gasteiger partial charge < -0.3 is 15.3 Å². The lowest BCUT2D eigenvalue weighted by molar-refractivity contribution is -0.210. The maximum absolute atomic E-state index is 11.6. The van der Waals surface area contributed by atoms with Crippen LogP contribution >= 0.6 is 0 Å². The van der Waals surface area contributed by atoms with Crippen molar-refractivity contribution < 1.29 is 15.3 Å². The number of rotatable bonds is 5. The Hall–Kier alpha value is -0.380. The molecule has 31 heavy (non-hydrogen) atoms. The van der Waals surface area contributed by atoms with Gasteiger partial charge in [-0.3, -0.25) is 0 Å². The summed E-state index contributed by atoms with van der Waals surface area (Å²) in [5.41, 5.74) is 0.260. The fourth-order valence-corrected chi connectivity index (χ4v) is 8.58. The Morgan fingerprint density at radius 3 is 2.32 bits per heavy atom. The second-order valence-electron chi connectivity index (χ2n) is 13.0. The van der Waals surface area contributed by atoms with Crippen LogP contribution in [0.5, 0.6) is 0 Å². The van der Waals surface area contributed by atoms with Crippen LogP contribution in [0.15, 0.2) is 11.6 Å². The van der Waals surface area contributed by atoms with Gasteiger partial charge in [-0.2, -0.15) is 0 Å². The number of aliphatic hydroxyl groups is 3. The predicted molar refractivity (Wildman–Crippen MR) is 126 cm³/mol. The average molecular weight is 433 g/mol. The molecule has 0 spiro atoms. The van der Waals surface area contributed by atoms with Crippen LogP contribution in [0, 0.1) is 46.3 Å². The first-order chi connectivity index (χ1) is 14.4. The van der Waals surface area contributed by atoms with Crippen molar-refractivity contribution >= 4 is 0 Å². The van der Waals surface area contributed by atoms with Crippen LogP contribution in [-0.4, -0.2) is 33.1 Å². The van der Waals surface area contributed by atoms with Crippen LogP contribution in [-0.2, 0) is 0 Å². The molecule has 0 amide bonds. The minimum Gasteiger partial charge on any atom is -0.393 e. The minimum atomic E-state index is -1.19. The fraction of sp³-hybridized carbons (Fsp3) is 0.929. The van der Waals surface area contributed by atoms with Gasteiger partial charge in [-0.15, -0.1) is 0 Å². The molecule has 0 radical (unpaired) electrons.